The quantitative estimate of drug-likeness (QED) is 0.147. The van der Waals surface area contributed by atoms with Crippen molar-refractivity contribution < 1.29 is 0 Å². The van der Waals surface area contributed by atoms with E-state index >= 15 is 0 Å². The largest absolute Gasteiger partial charge is 0.309 e. The number of fused-ring (bicyclic) bond motifs is 9. The van der Waals surface area contributed by atoms with Crippen LogP contribution in [0, 0.1) is 0 Å². The summed E-state index contributed by atoms with van der Waals surface area (Å²) in [6, 6.07) is 93.9. The van der Waals surface area contributed by atoms with Crippen LogP contribution in [0.25, 0.3) is 132 Å². The number of nitrogens with zero attached hydrogens (tertiary/aromatic N) is 2. The molecule has 316 valence electrons. The van der Waals surface area contributed by atoms with E-state index in [1.807, 2.05) is 0 Å². The van der Waals surface area contributed by atoms with E-state index in [0.717, 1.165) is 11.4 Å². The van der Waals surface area contributed by atoms with Crippen LogP contribution in [0.5, 0.6) is 0 Å². The Morgan fingerprint density at radius 3 is 1.15 bits per heavy atom. The fourth-order valence-corrected chi connectivity index (χ4v) is 11.4. The van der Waals surface area contributed by atoms with E-state index < -0.39 is 0 Å². The Hall–Kier alpha value is -8.98. The summed E-state index contributed by atoms with van der Waals surface area (Å²) in [5.74, 6) is 0. The summed E-state index contributed by atoms with van der Waals surface area (Å²) in [7, 11) is 0. The number of aromatic nitrogens is 2. The molecule has 68 heavy (non-hydrogen) atoms. The van der Waals surface area contributed by atoms with Crippen LogP contribution in [0.2, 0.25) is 0 Å². The number of rotatable bonds is 6. The van der Waals surface area contributed by atoms with Crippen molar-refractivity contribution in [1.82, 2.24) is 9.13 Å². The standard InChI is InChI=1S/C66H42N2/c1-4-18-43(19-5-1)44-36-37-46-41-47(39-38-45(46)40-44)64-54-28-14-26-50(52-30-16-34-62-65(52)56-24-10-12-32-60(56)67(62)48-20-6-2-7-21-48)58(54)42-59-51(27-15-29-55(59)64)53-31-17-35-63-66(53)57-25-11-13-33-61(57)68(63)49-22-8-3-9-23-49/h1-42H. The van der Waals surface area contributed by atoms with Crippen LogP contribution >= 0.6 is 0 Å². The first-order chi connectivity index (χ1) is 33.8. The Balaban J connectivity index is 1.08. The van der Waals surface area contributed by atoms with E-state index in [1.54, 1.807) is 0 Å². The van der Waals surface area contributed by atoms with Crippen LogP contribution in [-0.2, 0) is 0 Å². The zero-order valence-corrected chi connectivity index (χ0v) is 37.1. The van der Waals surface area contributed by atoms with Gasteiger partial charge in [-0.3, -0.25) is 0 Å². The van der Waals surface area contributed by atoms with Crippen molar-refractivity contribution in [2.45, 2.75) is 0 Å². The van der Waals surface area contributed by atoms with Gasteiger partial charge >= 0.3 is 0 Å². The molecule has 0 saturated heterocycles. The van der Waals surface area contributed by atoms with Crippen LogP contribution in [0.1, 0.15) is 0 Å². The molecule has 2 nitrogen and oxygen atoms in total. The monoisotopic (exact) mass is 862 g/mol. The van der Waals surface area contributed by atoms with Crippen LogP contribution in [0.3, 0.4) is 0 Å². The smallest absolute Gasteiger partial charge is 0.0547 e. The Morgan fingerprint density at radius 1 is 0.221 bits per heavy atom. The van der Waals surface area contributed by atoms with E-state index in [1.165, 1.54) is 120 Å². The molecule has 0 bridgehead atoms. The Bertz CT molecular complexity index is 4080. The van der Waals surface area contributed by atoms with E-state index in [-0.39, 0.29) is 0 Å². The Kier molecular flexibility index (Phi) is 8.62. The minimum atomic E-state index is 1.15. The third-order valence-corrected chi connectivity index (χ3v) is 14.3. The number of benzene rings is 12. The highest BCUT2D eigenvalue weighted by Gasteiger charge is 2.22. The van der Waals surface area contributed by atoms with Gasteiger partial charge in [-0.05, 0) is 144 Å². The van der Waals surface area contributed by atoms with Crippen molar-refractivity contribution in [3.05, 3.63) is 255 Å². The molecule has 0 unspecified atom stereocenters. The fourth-order valence-electron chi connectivity index (χ4n) is 11.4. The van der Waals surface area contributed by atoms with Crippen LogP contribution in [0.15, 0.2) is 255 Å². The van der Waals surface area contributed by atoms with Gasteiger partial charge in [0, 0.05) is 32.9 Å². The topological polar surface area (TPSA) is 9.86 Å². The summed E-state index contributed by atoms with van der Waals surface area (Å²) in [6.45, 7) is 0. The van der Waals surface area contributed by atoms with Crippen molar-refractivity contribution in [3.8, 4) is 55.9 Å². The molecule has 12 aromatic carbocycles. The highest BCUT2D eigenvalue weighted by molar-refractivity contribution is 6.25. The van der Waals surface area contributed by atoms with E-state index in [0.29, 0.717) is 0 Å². The van der Waals surface area contributed by atoms with E-state index in [4.69, 9.17) is 0 Å². The second-order valence-electron chi connectivity index (χ2n) is 18.0. The Morgan fingerprint density at radius 2 is 0.618 bits per heavy atom. The zero-order valence-electron chi connectivity index (χ0n) is 37.1. The average Bonchev–Trinajstić information content (AvgIpc) is 3.94. The van der Waals surface area contributed by atoms with Crippen molar-refractivity contribution in [2.24, 2.45) is 0 Å². The lowest BCUT2D eigenvalue weighted by Crippen LogP contribution is -1.94. The fraction of sp³-hybridized carbons (Fsp3) is 0. The summed E-state index contributed by atoms with van der Waals surface area (Å²) < 4.78 is 4.84. The molecule has 2 aromatic heterocycles. The number of para-hydroxylation sites is 4. The second kappa shape index (κ2) is 15.3. The lowest BCUT2D eigenvalue weighted by Gasteiger charge is -2.19. The maximum atomic E-state index is 2.50. The molecule has 0 atom stereocenters. The van der Waals surface area contributed by atoms with Gasteiger partial charge in [0.1, 0.15) is 0 Å². The molecular weight excluding hydrogens is 821 g/mol. The van der Waals surface area contributed by atoms with Crippen molar-refractivity contribution in [2.75, 3.05) is 0 Å². The van der Waals surface area contributed by atoms with Gasteiger partial charge in [-0.15, -0.1) is 0 Å². The molecule has 0 amide bonds. The van der Waals surface area contributed by atoms with Crippen LogP contribution < -0.4 is 0 Å². The lowest BCUT2D eigenvalue weighted by molar-refractivity contribution is 1.18. The summed E-state index contributed by atoms with van der Waals surface area (Å²) in [6.07, 6.45) is 0. The summed E-state index contributed by atoms with van der Waals surface area (Å²) in [4.78, 5) is 0. The van der Waals surface area contributed by atoms with Crippen LogP contribution in [0.4, 0.5) is 0 Å². The third-order valence-electron chi connectivity index (χ3n) is 14.3. The highest BCUT2D eigenvalue weighted by Crippen LogP contribution is 2.48. The van der Waals surface area contributed by atoms with E-state index in [9.17, 15) is 0 Å². The van der Waals surface area contributed by atoms with Gasteiger partial charge in [-0.1, -0.05) is 188 Å². The molecule has 2 heteroatoms. The molecule has 14 aromatic rings. The maximum Gasteiger partial charge on any atom is 0.0547 e. The minimum absolute atomic E-state index is 1.15. The molecule has 0 spiro atoms. The van der Waals surface area contributed by atoms with Gasteiger partial charge in [0.15, 0.2) is 0 Å². The number of hydrogen-bond acceptors (Lipinski definition) is 0. The lowest BCUT2D eigenvalue weighted by atomic mass is 9.85. The third kappa shape index (κ3) is 5.84. The molecule has 0 radical (unpaired) electrons. The van der Waals surface area contributed by atoms with Crippen molar-refractivity contribution >= 4 is 75.9 Å². The van der Waals surface area contributed by atoms with Gasteiger partial charge in [0.05, 0.1) is 22.1 Å². The molecule has 14 rings (SSSR count). The first-order valence-corrected chi connectivity index (χ1v) is 23.5. The van der Waals surface area contributed by atoms with Gasteiger partial charge in [-0.25, -0.2) is 0 Å². The molecule has 0 aliphatic rings. The highest BCUT2D eigenvalue weighted by atomic mass is 15.0. The molecule has 0 saturated carbocycles. The molecule has 0 N–H and O–H groups in total. The predicted molar refractivity (Wildman–Crippen MR) is 289 cm³/mol. The minimum Gasteiger partial charge on any atom is -0.309 e. The van der Waals surface area contributed by atoms with Gasteiger partial charge < -0.3 is 9.13 Å². The summed E-state index contributed by atoms with van der Waals surface area (Å²) in [5, 5.41) is 12.4. The SMILES string of the molecule is c1ccc(-c2ccc3cc(-c4c5cccc(-c6cccc7c6c6ccccc6n7-c6ccccc6)c5cc5c(-c6cccc7c6c6ccccc6n7-c6ccccc6)cccc45)ccc3c2)cc1. The Labute approximate surface area is 393 Å². The predicted octanol–water partition coefficient (Wildman–Crippen LogP) is 18.0. The van der Waals surface area contributed by atoms with Gasteiger partial charge in [0.2, 0.25) is 0 Å². The average molecular weight is 863 g/mol. The van der Waals surface area contributed by atoms with Crippen molar-refractivity contribution in [1.29, 1.82) is 0 Å². The zero-order chi connectivity index (χ0) is 44.7. The molecular formula is C66H42N2. The van der Waals surface area contributed by atoms with Crippen LogP contribution in [-0.4, -0.2) is 9.13 Å². The van der Waals surface area contributed by atoms with Gasteiger partial charge in [-0.2, -0.15) is 0 Å². The molecule has 0 fully saturated rings. The summed E-state index contributed by atoms with van der Waals surface area (Å²) in [5.41, 5.74) is 16.9. The summed E-state index contributed by atoms with van der Waals surface area (Å²) >= 11 is 0. The molecule has 2 heterocycles. The number of hydrogen-bond donors (Lipinski definition) is 0. The van der Waals surface area contributed by atoms with Crippen molar-refractivity contribution in [3.63, 3.8) is 0 Å². The second-order valence-corrected chi connectivity index (χ2v) is 18.0. The van der Waals surface area contributed by atoms with E-state index in [2.05, 4.69) is 264 Å². The van der Waals surface area contributed by atoms with Gasteiger partial charge in [0.25, 0.3) is 0 Å². The first-order valence-electron chi connectivity index (χ1n) is 23.5. The molecule has 0 aliphatic carbocycles. The maximum absolute atomic E-state index is 2.50. The molecule has 0 aliphatic heterocycles. The first kappa shape index (κ1) is 38.3. The normalized spacial score (nSPS) is 11.8.